The Morgan fingerprint density at radius 1 is 1.58 bits per heavy atom. The molecule has 1 rings (SSSR count). The predicted molar refractivity (Wildman–Crippen MR) is 48.1 cm³/mol. The number of nitrogens with one attached hydrogen (secondary N) is 1. The zero-order chi connectivity index (χ0) is 9.14. The molecule has 3 nitrogen and oxygen atoms in total. The SMILES string of the molecule is Cc1cccc(C(=O)NO)c1Br. The quantitative estimate of drug-likeness (QED) is 0.571. The summed E-state index contributed by atoms with van der Waals surface area (Å²) >= 11 is 3.25. The number of hydrogen-bond donors (Lipinski definition) is 2. The van der Waals surface area contributed by atoms with Crippen molar-refractivity contribution in [3.05, 3.63) is 33.8 Å². The van der Waals surface area contributed by atoms with Crippen LogP contribution in [0.5, 0.6) is 0 Å². The second kappa shape index (κ2) is 3.69. The zero-order valence-corrected chi connectivity index (χ0v) is 8.05. The summed E-state index contributed by atoms with van der Waals surface area (Å²) in [6, 6.07) is 5.26. The molecule has 0 aliphatic heterocycles. The van der Waals surface area contributed by atoms with Gasteiger partial charge in [-0.05, 0) is 34.5 Å². The first kappa shape index (κ1) is 9.22. The summed E-state index contributed by atoms with van der Waals surface area (Å²) in [7, 11) is 0. The molecule has 0 aliphatic rings. The summed E-state index contributed by atoms with van der Waals surface area (Å²) in [6.07, 6.45) is 0. The van der Waals surface area contributed by atoms with Gasteiger partial charge >= 0.3 is 0 Å². The van der Waals surface area contributed by atoms with Crippen LogP contribution in [0.25, 0.3) is 0 Å². The van der Waals surface area contributed by atoms with Crippen LogP contribution < -0.4 is 5.48 Å². The summed E-state index contributed by atoms with van der Waals surface area (Å²) in [4.78, 5) is 11.0. The molecule has 1 aromatic carbocycles. The highest BCUT2D eigenvalue weighted by Gasteiger charge is 2.09. The van der Waals surface area contributed by atoms with E-state index in [1.165, 1.54) is 0 Å². The maximum Gasteiger partial charge on any atom is 0.275 e. The van der Waals surface area contributed by atoms with Crippen LogP contribution in [0.2, 0.25) is 0 Å². The van der Waals surface area contributed by atoms with Crippen LogP contribution in [-0.4, -0.2) is 11.1 Å². The van der Waals surface area contributed by atoms with Crippen LogP contribution in [0.1, 0.15) is 15.9 Å². The van der Waals surface area contributed by atoms with E-state index in [2.05, 4.69) is 15.9 Å². The molecule has 12 heavy (non-hydrogen) atoms. The van der Waals surface area contributed by atoms with Gasteiger partial charge in [0, 0.05) is 4.47 Å². The van der Waals surface area contributed by atoms with Crippen molar-refractivity contribution < 1.29 is 10.0 Å². The fourth-order valence-corrected chi connectivity index (χ4v) is 1.33. The average Bonchev–Trinajstić information content (AvgIpc) is 2.08. The van der Waals surface area contributed by atoms with Gasteiger partial charge in [0.2, 0.25) is 0 Å². The molecular weight excluding hydrogens is 222 g/mol. The summed E-state index contributed by atoms with van der Waals surface area (Å²) in [5.41, 5.74) is 2.96. The Hall–Kier alpha value is -0.870. The minimum absolute atomic E-state index is 0.428. The normalized spacial score (nSPS) is 9.58. The van der Waals surface area contributed by atoms with Crippen molar-refractivity contribution in [3.8, 4) is 0 Å². The van der Waals surface area contributed by atoms with Crippen molar-refractivity contribution in [2.45, 2.75) is 6.92 Å². The molecule has 64 valence electrons. The Kier molecular flexibility index (Phi) is 2.83. The summed E-state index contributed by atoms with van der Waals surface area (Å²) in [6.45, 7) is 1.87. The van der Waals surface area contributed by atoms with Gasteiger partial charge in [0.25, 0.3) is 5.91 Å². The van der Waals surface area contributed by atoms with E-state index in [0.29, 0.717) is 10.0 Å². The van der Waals surface area contributed by atoms with Crippen molar-refractivity contribution in [3.63, 3.8) is 0 Å². The third-order valence-corrected chi connectivity index (χ3v) is 2.59. The zero-order valence-electron chi connectivity index (χ0n) is 6.47. The first-order valence-electron chi connectivity index (χ1n) is 3.36. The minimum Gasteiger partial charge on any atom is -0.288 e. The van der Waals surface area contributed by atoms with Crippen molar-refractivity contribution >= 4 is 21.8 Å². The minimum atomic E-state index is -0.509. The number of rotatable bonds is 1. The number of benzene rings is 1. The highest BCUT2D eigenvalue weighted by Crippen LogP contribution is 2.20. The molecule has 0 spiro atoms. The van der Waals surface area contributed by atoms with E-state index in [9.17, 15) is 4.79 Å². The Bertz CT molecular complexity index is 312. The average molecular weight is 230 g/mol. The first-order valence-corrected chi connectivity index (χ1v) is 4.15. The molecule has 0 radical (unpaired) electrons. The van der Waals surface area contributed by atoms with Gasteiger partial charge in [-0.3, -0.25) is 10.0 Å². The third-order valence-electron chi connectivity index (χ3n) is 1.54. The number of carbonyl (C=O) groups excluding carboxylic acids is 1. The van der Waals surface area contributed by atoms with Crippen molar-refractivity contribution in [2.24, 2.45) is 0 Å². The number of hydroxylamine groups is 1. The molecule has 0 bridgehead atoms. The summed E-state index contributed by atoms with van der Waals surface area (Å²) in [5.74, 6) is -0.509. The fourth-order valence-electron chi connectivity index (χ4n) is 0.883. The summed E-state index contributed by atoms with van der Waals surface area (Å²) in [5, 5.41) is 8.38. The van der Waals surface area contributed by atoms with Crippen LogP contribution in [0.15, 0.2) is 22.7 Å². The Labute approximate surface area is 78.5 Å². The highest BCUT2D eigenvalue weighted by atomic mass is 79.9. The van der Waals surface area contributed by atoms with Crippen molar-refractivity contribution in [1.29, 1.82) is 0 Å². The molecule has 0 aliphatic carbocycles. The lowest BCUT2D eigenvalue weighted by Crippen LogP contribution is -2.19. The van der Waals surface area contributed by atoms with Crippen LogP contribution >= 0.6 is 15.9 Å². The van der Waals surface area contributed by atoms with Gasteiger partial charge in [-0.1, -0.05) is 12.1 Å². The van der Waals surface area contributed by atoms with Gasteiger partial charge in [0.15, 0.2) is 0 Å². The van der Waals surface area contributed by atoms with Crippen LogP contribution in [-0.2, 0) is 0 Å². The number of carbonyl (C=O) groups is 1. The Morgan fingerprint density at radius 3 is 2.83 bits per heavy atom. The molecule has 0 saturated carbocycles. The smallest absolute Gasteiger partial charge is 0.275 e. The lowest BCUT2D eigenvalue weighted by Gasteiger charge is -2.03. The largest absolute Gasteiger partial charge is 0.288 e. The van der Waals surface area contributed by atoms with E-state index >= 15 is 0 Å². The lowest BCUT2D eigenvalue weighted by atomic mass is 10.1. The molecule has 0 saturated heterocycles. The highest BCUT2D eigenvalue weighted by molar-refractivity contribution is 9.10. The second-order valence-electron chi connectivity index (χ2n) is 2.38. The summed E-state index contributed by atoms with van der Waals surface area (Å²) < 4.78 is 0.705. The molecule has 0 fully saturated rings. The number of halogens is 1. The van der Waals surface area contributed by atoms with E-state index in [1.54, 1.807) is 17.6 Å². The van der Waals surface area contributed by atoms with Gasteiger partial charge in [-0.15, -0.1) is 0 Å². The monoisotopic (exact) mass is 229 g/mol. The number of hydrogen-bond acceptors (Lipinski definition) is 2. The van der Waals surface area contributed by atoms with E-state index in [-0.39, 0.29) is 0 Å². The molecular formula is C8H8BrNO2. The maximum absolute atomic E-state index is 11.0. The van der Waals surface area contributed by atoms with Crippen molar-refractivity contribution in [1.82, 2.24) is 5.48 Å². The standard InChI is InChI=1S/C8H8BrNO2/c1-5-3-2-4-6(7(5)9)8(11)10-12/h2-4,12H,1H3,(H,10,11). The molecule has 1 amide bonds. The van der Waals surface area contributed by atoms with Crippen LogP contribution in [0.3, 0.4) is 0 Å². The Morgan fingerprint density at radius 2 is 2.25 bits per heavy atom. The Balaban J connectivity index is 3.16. The van der Waals surface area contributed by atoms with E-state index in [4.69, 9.17) is 5.21 Å². The van der Waals surface area contributed by atoms with E-state index in [0.717, 1.165) is 5.56 Å². The second-order valence-corrected chi connectivity index (χ2v) is 3.17. The molecule has 0 heterocycles. The predicted octanol–water partition coefficient (Wildman–Crippen LogP) is 1.88. The van der Waals surface area contributed by atoms with Gasteiger partial charge < -0.3 is 0 Å². The van der Waals surface area contributed by atoms with E-state index < -0.39 is 5.91 Å². The van der Waals surface area contributed by atoms with Gasteiger partial charge in [-0.25, -0.2) is 5.48 Å². The third kappa shape index (κ3) is 1.65. The van der Waals surface area contributed by atoms with Gasteiger partial charge in [0.1, 0.15) is 0 Å². The topological polar surface area (TPSA) is 49.3 Å². The van der Waals surface area contributed by atoms with Crippen LogP contribution in [0, 0.1) is 6.92 Å². The fraction of sp³-hybridized carbons (Fsp3) is 0.125. The molecule has 2 N–H and O–H groups in total. The number of amides is 1. The van der Waals surface area contributed by atoms with Gasteiger partial charge in [-0.2, -0.15) is 0 Å². The van der Waals surface area contributed by atoms with Crippen LogP contribution in [0.4, 0.5) is 0 Å². The number of aryl methyl sites for hydroxylation is 1. The first-order chi connectivity index (χ1) is 5.66. The van der Waals surface area contributed by atoms with Gasteiger partial charge in [0.05, 0.1) is 5.56 Å². The lowest BCUT2D eigenvalue weighted by molar-refractivity contribution is 0.0705. The van der Waals surface area contributed by atoms with Crippen molar-refractivity contribution in [2.75, 3.05) is 0 Å². The molecule has 0 atom stereocenters. The molecule has 0 aromatic heterocycles. The molecule has 0 unspecified atom stereocenters. The van der Waals surface area contributed by atoms with E-state index in [1.807, 2.05) is 13.0 Å². The maximum atomic E-state index is 11.0. The molecule has 1 aromatic rings. The molecule has 4 heteroatoms.